The van der Waals surface area contributed by atoms with E-state index in [4.69, 9.17) is 4.74 Å². The second-order valence-electron chi connectivity index (χ2n) is 5.33. The molecule has 0 bridgehead atoms. The third kappa shape index (κ3) is 3.01. The number of carbonyl (C=O) groups excluding carboxylic acids is 1. The van der Waals surface area contributed by atoms with Crippen LogP contribution in [0.3, 0.4) is 0 Å². The average molecular weight is 306 g/mol. The number of benzene rings is 2. The Kier molecular flexibility index (Phi) is 4.24. The van der Waals surface area contributed by atoms with Crippen LogP contribution in [0.2, 0.25) is 0 Å². The molecule has 0 fully saturated rings. The van der Waals surface area contributed by atoms with Gasteiger partial charge < -0.3 is 10.1 Å². The summed E-state index contributed by atoms with van der Waals surface area (Å²) in [6.07, 6.45) is 1.59. The van der Waals surface area contributed by atoms with E-state index < -0.39 is 0 Å². The van der Waals surface area contributed by atoms with Crippen LogP contribution >= 0.6 is 0 Å². The summed E-state index contributed by atoms with van der Waals surface area (Å²) < 4.78 is 5.33. The Morgan fingerprint density at radius 3 is 2.65 bits per heavy atom. The number of hydrogen-bond acceptors (Lipinski definition) is 3. The summed E-state index contributed by atoms with van der Waals surface area (Å²) in [5.41, 5.74) is 3.54. The predicted molar refractivity (Wildman–Crippen MR) is 90.6 cm³/mol. The Hall–Kier alpha value is -2.88. The summed E-state index contributed by atoms with van der Waals surface area (Å²) in [6, 6.07) is 15.6. The van der Waals surface area contributed by atoms with E-state index >= 15 is 0 Å². The molecular formula is C19H18N2O2. The first-order valence-electron chi connectivity index (χ1n) is 7.45. The molecular weight excluding hydrogens is 288 g/mol. The maximum Gasteiger partial charge on any atom is 0.256 e. The molecule has 116 valence electrons. The number of aromatic nitrogens is 1. The lowest BCUT2D eigenvalue weighted by atomic mass is 10.1. The van der Waals surface area contributed by atoms with Gasteiger partial charge in [0.05, 0.1) is 24.4 Å². The minimum Gasteiger partial charge on any atom is -0.494 e. The Morgan fingerprint density at radius 2 is 1.87 bits per heavy atom. The monoisotopic (exact) mass is 306 g/mol. The average Bonchev–Trinajstić information content (AvgIpc) is 2.59. The van der Waals surface area contributed by atoms with Crippen molar-refractivity contribution < 1.29 is 9.53 Å². The van der Waals surface area contributed by atoms with E-state index in [1.54, 1.807) is 13.3 Å². The number of hydrogen-bond donors (Lipinski definition) is 1. The highest BCUT2D eigenvalue weighted by Crippen LogP contribution is 2.26. The van der Waals surface area contributed by atoms with E-state index in [9.17, 15) is 4.79 Å². The molecule has 0 saturated carbocycles. The summed E-state index contributed by atoms with van der Waals surface area (Å²) in [6.45, 7) is 2.51. The second kappa shape index (κ2) is 6.48. The van der Waals surface area contributed by atoms with Gasteiger partial charge in [0.15, 0.2) is 5.75 Å². The molecule has 0 unspecified atom stereocenters. The standard InChI is InChI=1S/C19H18N2O2/c1-13-7-3-4-8-14(13)11-21-19(22)18-15-9-5-6-10-16(15)20-12-17(18)23-2/h3-10,12H,11H2,1-2H3,(H,21,22). The van der Waals surface area contributed by atoms with Crippen molar-refractivity contribution in [2.45, 2.75) is 13.5 Å². The van der Waals surface area contributed by atoms with Crippen LogP contribution in [-0.4, -0.2) is 18.0 Å². The fraction of sp³-hybridized carbons (Fsp3) is 0.158. The van der Waals surface area contributed by atoms with E-state index in [1.807, 2.05) is 55.5 Å². The molecule has 4 nitrogen and oxygen atoms in total. The quantitative estimate of drug-likeness (QED) is 0.803. The van der Waals surface area contributed by atoms with E-state index in [0.29, 0.717) is 17.9 Å². The largest absolute Gasteiger partial charge is 0.494 e. The maximum absolute atomic E-state index is 12.7. The summed E-state index contributed by atoms with van der Waals surface area (Å²) >= 11 is 0. The highest BCUT2D eigenvalue weighted by atomic mass is 16.5. The number of pyridine rings is 1. The molecule has 1 N–H and O–H groups in total. The SMILES string of the molecule is COc1cnc2ccccc2c1C(=O)NCc1ccccc1C. The van der Waals surface area contributed by atoms with Gasteiger partial charge in [-0.1, -0.05) is 42.5 Å². The zero-order valence-electron chi connectivity index (χ0n) is 13.2. The van der Waals surface area contributed by atoms with Crippen molar-refractivity contribution in [3.05, 3.63) is 71.4 Å². The van der Waals surface area contributed by atoms with Crippen molar-refractivity contribution in [3.63, 3.8) is 0 Å². The van der Waals surface area contributed by atoms with Crippen molar-refractivity contribution in [2.75, 3.05) is 7.11 Å². The number of fused-ring (bicyclic) bond motifs is 1. The maximum atomic E-state index is 12.7. The highest BCUT2D eigenvalue weighted by molar-refractivity contribution is 6.08. The van der Waals surface area contributed by atoms with Crippen LogP contribution < -0.4 is 10.1 Å². The number of ether oxygens (including phenoxy) is 1. The topological polar surface area (TPSA) is 51.2 Å². The second-order valence-corrected chi connectivity index (χ2v) is 5.33. The van der Waals surface area contributed by atoms with Crippen molar-refractivity contribution in [1.82, 2.24) is 10.3 Å². The van der Waals surface area contributed by atoms with E-state index in [1.165, 1.54) is 0 Å². The smallest absolute Gasteiger partial charge is 0.256 e. The molecule has 1 amide bonds. The molecule has 0 atom stereocenters. The molecule has 0 aliphatic heterocycles. The number of methoxy groups -OCH3 is 1. The number of carbonyl (C=O) groups is 1. The van der Waals surface area contributed by atoms with Gasteiger partial charge in [-0.05, 0) is 24.1 Å². The number of rotatable bonds is 4. The van der Waals surface area contributed by atoms with Crippen LogP contribution in [0.25, 0.3) is 10.9 Å². The number of nitrogens with one attached hydrogen (secondary N) is 1. The Morgan fingerprint density at radius 1 is 1.13 bits per heavy atom. The molecule has 0 aliphatic carbocycles. The van der Waals surface area contributed by atoms with Crippen molar-refractivity contribution in [2.24, 2.45) is 0 Å². The van der Waals surface area contributed by atoms with Crippen LogP contribution in [0.15, 0.2) is 54.7 Å². The van der Waals surface area contributed by atoms with E-state index in [-0.39, 0.29) is 5.91 Å². The molecule has 1 aromatic heterocycles. The third-order valence-electron chi connectivity index (χ3n) is 3.89. The number of amides is 1. The lowest BCUT2D eigenvalue weighted by molar-refractivity contribution is 0.0949. The summed E-state index contributed by atoms with van der Waals surface area (Å²) in [4.78, 5) is 17.0. The van der Waals surface area contributed by atoms with Crippen molar-refractivity contribution >= 4 is 16.8 Å². The molecule has 3 aromatic rings. The molecule has 3 rings (SSSR count). The van der Waals surface area contributed by atoms with E-state index in [0.717, 1.165) is 22.0 Å². The number of nitrogens with zero attached hydrogens (tertiary/aromatic N) is 1. The fourth-order valence-corrected chi connectivity index (χ4v) is 2.58. The Labute approximate surface area is 135 Å². The van der Waals surface area contributed by atoms with Crippen molar-refractivity contribution in [1.29, 1.82) is 0 Å². The van der Waals surface area contributed by atoms with Gasteiger partial charge >= 0.3 is 0 Å². The Balaban J connectivity index is 1.93. The first-order chi connectivity index (χ1) is 11.2. The van der Waals surface area contributed by atoms with Crippen LogP contribution in [-0.2, 0) is 6.54 Å². The molecule has 23 heavy (non-hydrogen) atoms. The van der Waals surface area contributed by atoms with Crippen LogP contribution in [0.1, 0.15) is 21.5 Å². The number of aryl methyl sites for hydroxylation is 1. The van der Waals surface area contributed by atoms with Gasteiger partial charge in [-0.3, -0.25) is 9.78 Å². The zero-order valence-corrected chi connectivity index (χ0v) is 13.2. The molecule has 0 saturated heterocycles. The highest BCUT2D eigenvalue weighted by Gasteiger charge is 2.17. The van der Waals surface area contributed by atoms with Gasteiger partial charge in [0.1, 0.15) is 0 Å². The minimum absolute atomic E-state index is 0.163. The van der Waals surface area contributed by atoms with Gasteiger partial charge in [-0.2, -0.15) is 0 Å². The normalized spacial score (nSPS) is 10.5. The molecule has 0 radical (unpaired) electrons. The van der Waals surface area contributed by atoms with Gasteiger partial charge in [-0.25, -0.2) is 0 Å². The zero-order chi connectivity index (χ0) is 16.2. The van der Waals surface area contributed by atoms with Crippen molar-refractivity contribution in [3.8, 4) is 5.75 Å². The molecule has 2 aromatic carbocycles. The van der Waals surface area contributed by atoms with Crippen LogP contribution in [0, 0.1) is 6.92 Å². The first-order valence-corrected chi connectivity index (χ1v) is 7.45. The van der Waals surface area contributed by atoms with Gasteiger partial charge in [0.25, 0.3) is 5.91 Å². The van der Waals surface area contributed by atoms with Gasteiger partial charge in [-0.15, -0.1) is 0 Å². The molecule has 0 spiro atoms. The molecule has 1 heterocycles. The summed E-state index contributed by atoms with van der Waals surface area (Å²) in [5, 5.41) is 3.76. The minimum atomic E-state index is -0.163. The number of para-hydroxylation sites is 1. The predicted octanol–water partition coefficient (Wildman–Crippen LogP) is 3.48. The lowest BCUT2D eigenvalue weighted by Gasteiger charge is -2.12. The fourth-order valence-electron chi connectivity index (χ4n) is 2.58. The first kappa shape index (κ1) is 15.0. The molecule has 0 aliphatic rings. The Bertz CT molecular complexity index is 859. The van der Waals surface area contributed by atoms with Gasteiger partial charge in [0, 0.05) is 11.9 Å². The van der Waals surface area contributed by atoms with Crippen LogP contribution in [0.4, 0.5) is 0 Å². The summed E-state index contributed by atoms with van der Waals surface area (Å²) in [5.74, 6) is 0.315. The lowest BCUT2D eigenvalue weighted by Crippen LogP contribution is -2.24. The third-order valence-corrected chi connectivity index (χ3v) is 3.89. The van der Waals surface area contributed by atoms with E-state index in [2.05, 4.69) is 10.3 Å². The summed E-state index contributed by atoms with van der Waals surface area (Å²) in [7, 11) is 1.55. The molecule has 4 heteroatoms. The van der Waals surface area contributed by atoms with Crippen LogP contribution in [0.5, 0.6) is 5.75 Å². The van der Waals surface area contributed by atoms with Gasteiger partial charge in [0.2, 0.25) is 0 Å².